The molecular formula is C24H62O12SrTa2. The normalized spacial score (nSPS) is 15.7. The first kappa shape index (κ1) is 45.9. The fourth-order valence-electron chi connectivity index (χ4n) is 4.28. The van der Waals surface area contributed by atoms with Gasteiger partial charge in [0.05, 0.1) is 0 Å². The second-order valence-corrected chi connectivity index (χ2v) is 34.4. The summed E-state index contributed by atoms with van der Waals surface area (Å²) in [6.45, 7) is 25.9. The Bertz CT molecular complexity index is 439. The molecule has 0 rings (SSSR count). The van der Waals surface area contributed by atoms with Crippen molar-refractivity contribution in [1.82, 2.24) is 0 Å². The van der Waals surface area contributed by atoms with Crippen molar-refractivity contribution in [2.75, 3.05) is 79.3 Å². The van der Waals surface area contributed by atoms with E-state index < -0.39 is 33.8 Å². The Kier molecular flexibility index (Phi) is 23.3. The second-order valence-electron chi connectivity index (χ2n) is 7.25. The van der Waals surface area contributed by atoms with Gasteiger partial charge in [0, 0.05) is 0 Å². The molecule has 0 saturated carbocycles. The van der Waals surface area contributed by atoms with Crippen LogP contribution in [0.1, 0.15) is 83.1 Å². The molecule has 0 amide bonds. The molecule has 0 aromatic carbocycles. The van der Waals surface area contributed by atoms with E-state index in [1.54, 1.807) is 0 Å². The molecule has 0 aromatic heterocycles. The number of hydrogen-bond donors (Lipinski definition) is 0. The summed E-state index contributed by atoms with van der Waals surface area (Å²) in [5, 5.41) is 0. The third-order valence-corrected chi connectivity index (χ3v) is 38.6. The van der Waals surface area contributed by atoms with Crippen molar-refractivity contribution in [2.45, 2.75) is 83.1 Å². The fraction of sp³-hybridized carbons (Fsp3) is 1.00. The molecule has 39 heavy (non-hydrogen) atoms. The third-order valence-electron chi connectivity index (χ3n) is 4.71. The van der Waals surface area contributed by atoms with Crippen LogP contribution in [0.5, 0.6) is 0 Å². The second kappa shape index (κ2) is 19.8. The SMILES string of the molecule is CC[O][Ta]([O]CC)([O]CC)([O]CC)([O]CC)[O]CC.CC[O][Ta]([O]CC)([O]CC)([O]CC)([O]CC)[O]CC.[SrH2]. The molecule has 0 atom stereocenters. The van der Waals surface area contributed by atoms with E-state index in [-0.39, 0.29) is 45.5 Å². The van der Waals surface area contributed by atoms with Crippen LogP contribution in [-0.4, -0.2) is 125 Å². The molecule has 0 unspecified atom stereocenters. The van der Waals surface area contributed by atoms with E-state index in [2.05, 4.69) is 0 Å². The Balaban J connectivity index is -0.000000648. The molecule has 0 aliphatic carbocycles. The Morgan fingerprint density at radius 3 is 0.359 bits per heavy atom. The first-order valence-electron chi connectivity index (χ1n) is 14.1. The summed E-state index contributed by atoms with van der Waals surface area (Å²) in [5.41, 5.74) is 0. The molecule has 0 heterocycles. The van der Waals surface area contributed by atoms with Crippen LogP contribution in [0.4, 0.5) is 0 Å². The van der Waals surface area contributed by atoms with E-state index in [1.165, 1.54) is 0 Å². The van der Waals surface area contributed by atoms with Gasteiger partial charge in [-0.1, -0.05) is 0 Å². The van der Waals surface area contributed by atoms with Crippen molar-refractivity contribution in [3.63, 3.8) is 0 Å². The maximum atomic E-state index is 5.90. The first-order valence-corrected chi connectivity index (χ1v) is 29.9. The van der Waals surface area contributed by atoms with Gasteiger partial charge in [-0.05, 0) is 0 Å². The fourth-order valence-corrected chi connectivity index (χ4v) is 35.0. The van der Waals surface area contributed by atoms with E-state index in [1.807, 2.05) is 83.1 Å². The standard InChI is InChI=1S/12C2H5O.Sr.2Ta.2H/c12*1-2-3;;;;;/h12*2H2,1H3;;;;;/q12*-1;;2*+6;;. The van der Waals surface area contributed by atoms with E-state index in [4.69, 9.17) is 38.9 Å². The average Bonchev–Trinajstić information content (AvgIpc) is 2.82. The van der Waals surface area contributed by atoms with Crippen LogP contribution >= 0.6 is 0 Å². The van der Waals surface area contributed by atoms with Gasteiger partial charge in [-0.2, -0.15) is 0 Å². The number of hydrogen-bond acceptors (Lipinski definition) is 12. The van der Waals surface area contributed by atoms with E-state index in [0.717, 1.165) is 0 Å². The molecule has 0 spiro atoms. The Morgan fingerprint density at radius 1 is 0.231 bits per heavy atom. The van der Waals surface area contributed by atoms with Crippen LogP contribution in [0.25, 0.3) is 0 Å². The summed E-state index contributed by atoms with van der Waals surface area (Å²) < 4.78 is 70.8. The first-order chi connectivity index (χ1) is 17.9. The molecule has 0 aromatic rings. The summed E-state index contributed by atoms with van der Waals surface area (Å²) >= 11 is -12.2. The zero-order valence-electron chi connectivity index (χ0n) is 26.3. The topological polar surface area (TPSA) is 111 Å². The summed E-state index contributed by atoms with van der Waals surface area (Å²) in [5.74, 6) is 0. The summed E-state index contributed by atoms with van der Waals surface area (Å²) in [4.78, 5) is 0. The van der Waals surface area contributed by atoms with E-state index >= 15 is 0 Å². The van der Waals surface area contributed by atoms with Crippen LogP contribution in [0, 0.1) is 0 Å². The Labute approximate surface area is 277 Å². The zero-order chi connectivity index (χ0) is 29.8. The molecule has 0 N–H and O–H groups in total. The predicted octanol–water partition coefficient (Wildman–Crippen LogP) is 4.93. The van der Waals surface area contributed by atoms with Crippen molar-refractivity contribution in [2.24, 2.45) is 0 Å². The van der Waals surface area contributed by atoms with Crippen LogP contribution in [0.2, 0.25) is 0 Å². The molecule has 12 nitrogen and oxygen atoms in total. The predicted molar refractivity (Wildman–Crippen MR) is 148 cm³/mol. The van der Waals surface area contributed by atoms with Crippen LogP contribution in [-0.2, 0) is 72.7 Å². The average molecular weight is 992 g/mol. The van der Waals surface area contributed by atoms with Gasteiger partial charge in [-0.25, -0.2) is 0 Å². The molecule has 0 bridgehead atoms. The van der Waals surface area contributed by atoms with Gasteiger partial charge >= 0.3 is 281 Å². The van der Waals surface area contributed by atoms with Crippen molar-refractivity contribution in [3.05, 3.63) is 0 Å². The quantitative estimate of drug-likeness (QED) is 0.123. The van der Waals surface area contributed by atoms with Gasteiger partial charge < -0.3 is 0 Å². The Hall–Kier alpha value is 2.48. The minimum atomic E-state index is -6.08. The van der Waals surface area contributed by atoms with Gasteiger partial charge in [-0.15, -0.1) is 0 Å². The van der Waals surface area contributed by atoms with Crippen molar-refractivity contribution >= 4 is 45.5 Å². The van der Waals surface area contributed by atoms with Crippen LogP contribution in [0.15, 0.2) is 0 Å². The molecule has 242 valence electrons. The monoisotopic (exact) mass is 992 g/mol. The molecule has 0 saturated heterocycles. The molecule has 0 aliphatic heterocycles. The van der Waals surface area contributed by atoms with E-state index in [9.17, 15) is 0 Å². The molecular weight excluding hydrogens is 930 g/mol. The molecule has 0 radical (unpaired) electrons. The molecule has 15 heteroatoms. The summed E-state index contributed by atoms with van der Waals surface area (Å²) in [6.07, 6.45) is 0. The third kappa shape index (κ3) is 10.8. The zero-order valence-corrected chi connectivity index (χ0v) is 32.7. The Morgan fingerprint density at radius 2 is 0.308 bits per heavy atom. The van der Waals surface area contributed by atoms with Gasteiger partial charge in [0.1, 0.15) is 0 Å². The van der Waals surface area contributed by atoms with Gasteiger partial charge in [-0.3, -0.25) is 0 Å². The summed E-state index contributed by atoms with van der Waals surface area (Å²) in [7, 11) is 0. The minimum absolute atomic E-state index is 0. The van der Waals surface area contributed by atoms with Crippen LogP contribution in [0.3, 0.4) is 0 Å². The van der Waals surface area contributed by atoms with Crippen molar-refractivity contribution in [1.29, 1.82) is 0 Å². The van der Waals surface area contributed by atoms with Crippen LogP contribution < -0.4 is 0 Å². The maximum absolute atomic E-state index is 6.08. The van der Waals surface area contributed by atoms with Gasteiger partial charge in [0.15, 0.2) is 0 Å². The van der Waals surface area contributed by atoms with E-state index in [0.29, 0.717) is 79.3 Å². The molecule has 0 fully saturated rings. The van der Waals surface area contributed by atoms with Crippen molar-refractivity contribution < 1.29 is 72.7 Å². The number of rotatable bonds is 24. The van der Waals surface area contributed by atoms with Gasteiger partial charge in [0.2, 0.25) is 0 Å². The van der Waals surface area contributed by atoms with Gasteiger partial charge in [0.25, 0.3) is 0 Å². The van der Waals surface area contributed by atoms with Crippen molar-refractivity contribution in [3.8, 4) is 0 Å². The molecule has 0 aliphatic rings. The summed E-state index contributed by atoms with van der Waals surface area (Å²) in [6, 6.07) is 0.